The summed E-state index contributed by atoms with van der Waals surface area (Å²) in [6.07, 6.45) is 2.80. The van der Waals surface area contributed by atoms with Crippen molar-refractivity contribution in [1.29, 1.82) is 0 Å². The van der Waals surface area contributed by atoms with Crippen molar-refractivity contribution in [2.45, 2.75) is 33.2 Å². The van der Waals surface area contributed by atoms with Gasteiger partial charge in [0.25, 0.3) is 0 Å². The van der Waals surface area contributed by atoms with Gasteiger partial charge in [-0.2, -0.15) is 0 Å². The molecule has 0 aliphatic carbocycles. The number of hydrogen-bond acceptors (Lipinski definition) is 3. The van der Waals surface area contributed by atoms with Gasteiger partial charge in [-0.05, 0) is 56.6 Å². The van der Waals surface area contributed by atoms with Gasteiger partial charge in [0, 0.05) is 10.0 Å². The van der Waals surface area contributed by atoms with Gasteiger partial charge in [-0.25, -0.2) is 0 Å². The van der Waals surface area contributed by atoms with Gasteiger partial charge in [0.05, 0.1) is 18.9 Å². The Kier molecular flexibility index (Phi) is 5.88. The van der Waals surface area contributed by atoms with Gasteiger partial charge < -0.3 is 14.5 Å². The second kappa shape index (κ2) is 7.66. The van der Waals surface area contributed by atoms with E-state index in [4.69, 9.17) is 9.15 Å². The van der Waals surface area contributed by atoms with Gasteiger partial charge in [0.1, 0.15) is 11.5 Å². The zero-order valence-electron chi connectivity index (χ0n) is 12.8. The van der Waals surface area contributed by atoms with E-state index in [1.165, 1.54) is 0 Å². The van der Waals surface area contributed by atoms with Crippen LogP contribution in [0.2, 0.25) is 0 Å². The molecule has 1 unspecified atom stereocenters. The number of hydrogen-bond donors (Lipinski definition) is 1. The van der Waals surface area contributed by atoms with Crippen LogP contribution in [0.3, 0.4) is 0 Å². The van der Waals surface area contributed by atoms with Gasteiger partial charge >= 0.3 is 0 Å². The average molecular weight is 352 g/mol. The molecule has 1 heterocycles. The van der Waals surface area contributed by atoms with Crippen molar-refractivity contribution in [3.63, 3.8) is 0 Å². The molecule has 0 radical (unpaired) electrons. The Balaban J connectivity index is 2.45. The maximum absolute atomic E-state index is 5.79. The van der Waals surface area contributed by atoms with Crippen molar-refractivity contribution in [1.82, 2.24) is 5.32 Å². The molecule has 4 heteroatoms. The molecule has 3 nitrogen and oxygen atoms in total. The third kappa shape index (κ3) is 3.89. The Morgan fingerprint density at radius 2 is 2.10 bits per heavy atom. The van der Waals surface area contributed by atoms with Crippen molar-refractivity contribution in [3.05, 3.63) is 51.9 Å². The van der Waals surface area contributed by atoms with E-state index in [0.717, 1.165) is 40.1 Å². The number of halogens is 1. The van der Waals surface area contributed by atoms with Crippen LogP contribution in [0.15, 0.2) is 39.4 Å². The summed E-state index contributed by atoms with van der Waals surface area (Å²) >= 11 is 3.55. The van der Waals surface area contributed by atoms with Crippen LogP contribution >= 0.6 is 15.9 Å². The van der Waals surface area contributed by atoms with Crippen molar-refractivity contribution in [2.75, 3.05) is 13.2 Å². The molecule has 1 N–H and O–H groups in total. The molecule has 0 aliphatic heterocycles. The van der Waals surface area contributed by atoms with Crippen LogP contribution in [0.4, 0.5) is 0 Å². The molecule has 0 bridgehead atoms. The van der Waals surface area contributed by atoms with Crippen molar-refractivity contribution in [2.24, 2.45) is 0 Å². The molecule has 0 saturated carbocycles. The number of benzene rings is 1. The monoisotopic (exact) mass is 351 g/mol. The zero-order chi connectivity index (χ0) is 15.2. The topological polar surface area (TPSA) is 34.4 Å². The maximum atomic E-state index is 5.79. The van der Waals surface area contributed by atoms with Crippen LogP contribution in [-0.2, 0) is 0 Å². The third-order valence-corrected chi connectivity index (χ3v) is 3.84. The Labute approximate surface area is 134 Å². The maximum Gasteiger partial charge on any atom is 0.128 e. The second-order valence-electron chi connectivity index (χ2n) is 4.97. The first-order chi connectivity index (χ1) is 10.2. The second-order valence-corrected chi connectivity index (χ2v) is 5.89. The largest absolute Gasteiger partial charge is 0.494 e. The molecule has 0 spiro atoms. The molecular formula is C17H22BrNO2. The van der Waals surface area contributed by atoms with Crippen molar-refractivity contribution >= 4 is 15.9 Å². The fourth-order valence-electron chi connectivity index (χ4n) is 2.34. The van der Waals surface area contributed by atoms with Gasteiger partial charge in [0.15, 0.2) is 0 Å². The first kappa shape index (κ1) is 16.1. The van der Waals surface area contributed by atoms with Gasteiger partial charge in [-0.15, -0.1) is 0 Å². The van der Waals surface area contributed by atoms with E-state index in [1.54, 1.807) is 6.26 Å². The summed E-state index contributed by atoms with van der Waals surface area (Å²) < 4.78 is 12.5. The lowest BCUT2D eigenvalue weighted by Gasteiger charge is -2.21. The van der Waals surface area contributed by atoms with E-state index < -0.39 is 0 Å². The summed E-state index contributed by atoms with van der Waals surface area (Å²) in [5.74, 6) is 1.84. The normalized spacial score (nSPS) is 12.4. The molecule has 0 amide bonds. The van der Waals surface area contributed by atoms with E-state index in [-0.39, 0.29) is 6.04 Å². The molecule has 114 valence electrons. The fourth-order valence-corrected chi connectivity index (χ4v) is 2.72. The number of aryl methyl sites for hydroxylation is 1. The molecule has 2 rings (SSSR count). The minimum absolute atomic E-state index is 0.000926. The Bertz CT molecular complexity index is 580. The highest BCUT2D eigenvalue weighted by molar-refractivity contribution is 9.10. The highest BCUT2D eigenvalue weighted by atomic mass is 79.9. The Hall–Kier alpha value is -1.26. The lowest BCUT2D eigenvalue weighted by molar-refractivity contribution is 0.330. The minimum atomic E-state index is -0.000926. The standard InChI is InChI=1S/C17H22BrNO2/c1-4-9-19-16(17-12(3)8-10-21-17)14-11-13(18)6-7-15(14)20-5-2/h6-8,10-11,16,19H,4-5,9H2,1-3H3. The van der Waals surface area contributed by atoms with Crippen LogP contribution in [-0.4, -0.2) is 13.2 Å². The third-order valence-electron chi connectivity index (χ3n) is 3.35. The average Bonchev–Trinajstić information content (AvgIpc) is 2.88. The quantitative estimate of drug-likeness (QED) is 0.774. The first-order valence-corrected chi connectivity index (χ1v) is 8.16. The van der Waals surface area contributed by atoms with Gasteiger partial charge in [0.2, 0.25) is 0 Å². The summed E-state index contributed by atoms with van der Waals surface area (Å²) in [5.41, 5.74) is 2.24. The van der Waals surface area contributed by atoms with Crippen molar-refractivity contribution in [3.8, 4) is 5.75 Å². The summed E-state index contributed by atoms with van der Waals surface area (Å²) in [4.78, 5) is 0. The molecule has 0 aliphatic rings. The smallest absolute Gasteiger partial charge is 0.128 e. The molecule has 0 saturated heterocycles. The van der Waals surface area contributed by atoms with E-state index in [1.807, 2.05) is 25.1 Å². The Morgan fingerprint density at radius 1 is 1.29 bits per heavy atom. The summed E-state index contributed by atoms with van der Waals surface area (Å²) in [7, 11) is 0. The molecular weight excluding hydrogens is 330 g/mol. The molecule has 1 atom stereocenters. The van der Waals surface area contributed by atoms with Gasteiger partial charge in [-0.3, -0.25) is 0 Å². The fraction of sp³-hybridized carbons (Fsp3) is 0.412. The summed E-state index contributed by atoms with van der Waals surface area (Å²) in [5, 5.41) is 3.56. The predicted octanol–water partition coefficient (Wildman–Crippen LogP) is 4.84. The molecule has 1 aromatic carbocycles. The highest BCUT2D eigenvalue weighted by Crippen LogP contribution is 2.34. The van der Waals surface area contributed by atoms with Crippen LogP contribution in [0, 0.1) is 6.92 Å². The molecule has 0 fully saturated rings. The summed E-state index contributed by atoms with van der Waals surface area (Å²) in [6, 6.07) is 8.09. The molecule has 21 heavy (non-hydrogen) atoms. The summed E-state index contributed by atoms with van der Waals surface area (Å²) in [6.45, 7) is 7.79. The lowest BCUT2D eigenvalue weighted by atomic mass is 10.0. The van der Waals surface area contributed by atoms with Crippen molar-refractivity contribution < 1.29 is 9.15 Å². The van der Waals surface area contributed by atoms with E-state index in [0.29, 0.717) is 6.61 Å². The highest BCUT2D eigenvalue weighted by Gasteiger charge is 2.22. The number of rotatable bonds is 7. The van der Waals surface area contributed by atoms with E-state index >= 15 is 0 Å². The number of nitrogens with one attached hydrogen (secondary N) is 1. The van der Waals surface area contributed by atoms with Crippen LogP contribution < -0.4 is 10.1 Å². The van der Waals surface area contributed by atoms with Crippen LogP contribution in [0.1, 0.15) is 43.2 Å². The lowest BCUT2D eigenvalue weighted by Crippen LogP contribution is -2.24. The van der Waals surface area contributed by atoms with Crippen LogP contribution in [0.25, 0.3) is 0 Å². The SMILES string of the molecule is CCCNC(c1cc(Br)ccc1OCC)c1occc1C. The van der Waals surface area contributed by atoms with E-state index in [2.05, 4.69) is 41.2 Å². The van der Waals surface area contributed by atoms with Crippen LogP contribution in [0.5, 0.6) is 5.75 Å². The number of ether oxygens (including phenoxy) is 1. The van der Waals surface area contributed by atoms with E-state index in [9.17, 15) is 0 Å². The molecule has 2 aromatic rings. The Morgan fingerprint density at radius 3 is 2.71 bits per heavy atom. The van der Waals surface area contributed by atoms with Gasteiger partial charge in [-0.1, -0.05) is 22.9 Å². The predicted molar refractivity (Wildman–Crippen MR) is 88.9 cm³/mol. The number of furan rings is 1. The zero-order valence-corrected chi connectivity index (χ0v) is 14.4. The molecule has 1 aromatic heterocycles. The first-order valence-electron chi connectivity index (χ1n) is 7.37. The minimum Gasteiger partial charge on any atom is -0.494 e.